The molecule has 284 valence electrons. The normalized spacial score (nSPS) is 18.3. The highest BCUT2D eigenvalue weighted by Gasteiger charge is 2.42. The molecule has 2 heterocycles. The minimum atomic E-state index is -4.12. The number of ether oxygens (including phenoxy) is 1. The van der Waals surface area contributed by atoms with Gasteiger partial charge in [-0.05, 0) is 71.0 Å². The molecule has 3 aliphatic rings. The average molecular weight is 767 g/mol. The Balaban J connectivity index is 1.33. The summed E-state index contributed by atoms with van der Waals surface area (Å²) >= 11 is 0. The quantitative estimate of drug-likeness (QED) is 0.132. The van der Waals surface area contributed by atoms with Crippen molar-refractivity contribution < 1.29 is 32.4 Å². The largest absolute Gasteiger partial charge is 0.475 e. The van der Waals surface area contributed by atoms with Crippen LogP contribution in [0, 0.1) is 0 Å². The van der Waals surface area contributed by atoms with E-state index in [2.05, 4.69) is 15.1 Å². The molecule has 4 aromatic carbocycles. The molecular formula is C41H40F2N6O5S. The molecule has 0 bridgehead atoms. The number of hydrogen-bond donors (Lipinski definition) is 3. The lowest BCUT2D eigenvalue weighted by atomic mass is 9.78. The molecule has 5 aromatic rings. The Bertz CT molecular complexity index is 2270. The van der Waals surface area contributed by atoms with Crippen LogP contribution in [0.25, 0.3) is 0 Å². The first-order valence-corrected chi connectivity index (χ1v) is 19.7. The number of aromatic nitrogens is 2. The number of halogens is 2. The van der Waals surface area contributed by atoms with Crippen molar-refractivity contribution in [2.24, 2.45) is 4.36 Å². The second-order valence-electron chi connectivity index (χ2n) is 14.1. The Kier molecular flexibility index (Phi) is 9.53. The molecule has 11 nitrogen and oxygen atoms in total. The third kappa shape index (κ3) is 6.47. The van der Waals surface area contributed by atoms with Crippen molar-refractivity contribution in [2.45, 2.75) is 67.5 Å². The fourth-order valence-electron chi connectivity index (χ4n) is 8.22. The molecule has 8 rings (SSSR count). The van der Waals surface area contributed by atoms with Gasteiger partial charge >= 0.3 is 12.1 Å². The van der Waals surface area contributed by atoms with E-state index < -0.39 is 46.0 Å². The summed E-state index contributed by atoms with van der Waals surface area (Å²) < 4.78 is 60.5. The number of fused-ring (bicyclic) bond motifs is 3. The third-order valence-corrected chi connectivity index (χ3v) is 12.8. The summed E-state index contributed by atoms with van der Waals surface area (Å²) in [6.07, 6.45) is 0.516. The molecule has 3 amide bonds. The van der Waals surface area contributed by atoms with Gasteiger partial charge in [-0.2, -0.15) is 9.46 Å². The predicted octanol–water partition coefficient (Wildman–Crippen LogP) is 7.59. The van der Waals surface area contributed by atoms with E-state index in [1.54, 1.807) is 0 Å². The number of carboxylic acid groups (broad SMARTS) is 1. The number of aryl methyl sites for hydroxylation is 2. The van der Waals surface area contributed by atoms with Crippen LogP contribution in [0.3, 0.4) is 0 Å². The number of likely N-dealkylation sites (N-methyl/N-ethyl adjacent to an activating group) is 1. The Morgan fingerprint density at radius 3 is 2.16 bits per heavy atom. The fraction of sp³-hybridized carbons (Fsp3) is 0.293. The lowest BCUT2D eigenvalue weighted by molar-refractivity contribution is 0.0874. The van der Waals surface area contributed by atoms with E-state index in [-0.39, 0.29) is 30.3 Å². The molecule has 3 N–H and O–H groups in total. The van der Waals surface area contributed by atoms with Crippen LogP contribution in [0.4, 0.5) is 24.1 Å². The lowest BCUT2D eigenvalue weighted by Gasteiger charge is -2.33. The zero-order valence-corrected chi connectivity index (χ0v) is 30.8. The van der Waals surface area contributed by atoms with Gasteiger partial charge in [0.15, 0.2) is 9.92 Å². The Morgan fingerprint density at radius 1 is 0.964 bits per heavy atom. The summed E-state index contributed by atoms with van der Waals surface area (Å²) in [7, 11) is -2.69. The molecule has 2 aliphatic carbocycles. The van der Waals surface area contributed by atoms with Gasteiger partial charge in [-0.3, -0.25) is 0 Å². The highest BCUT2D eigenvalue weighted by atomic mass is 32.2. The monoisotopic (exact) mass is 766 g/mol. The summed E-state index contributed by atoms with van der Waals surface area (Å²) in [6.45, 7) is 0.0278. The molecule has 14 heteroatoms. The van der Waals surface area contributed by atoms with Crippen LogP contribution in [0.2, 0.25) is 0 Å². The van der Waals surface area contributed by atoms with E-state index in [1.807, 2.05) is 97.1 Å². The van der Waals surface area contributed by atoms with Gasteiger partial charge in [-0.1, -0.05) is 97.1 Å². The second kappa shape index (κ2) is 14.5. The molecule has 1 aromatic heterocycles. The molecule has 0 spiro atoms. The number of nitrogens with zero attached hydrogens (tertiary/aromatic N) is 4. The first-order valence-electron chi connectivity index (χ1n) is 18.2. The van der Waals surface area contributed by atoms with Crippen LogP contribution in [0.5, 0.6) is 5.88 Å². The Morgan fingerprint density at radius 2 is 1.58 bits per heavy atom. The number of anilines is 1. The van der Waals surface area contributed by atoms with Crippen molar-refractivity contribution in [2.75, 3.05) is 19.0 Å². The minimum absolute atomic E-state index is 0.0276. The van der Waals surface area contributed by atoms with Gasteiger partial charge in [0, 0.05) is 18.7 Å². The molecular weight excluding hydrogens is 727 g/mol. The lowest BCUT2D eigenvalue weighted by Crippen LogP contribution is -2.45. The van der Waals surface area contributed by atoms with Crippen molar-refractivity contribution in [3.8, 4) is 5.88 Å². The van der Waals surface area contributed by atoms with Crippen LogP contribution >= 0.6 is 0 Å². The Hall–Kier alpha value is -5.76. The Labute approximate surface area is 317 Å². The van der Waals surface area contributed by atoms with Crippen LogP contribution in [0.1, 0.15) is 57.7 Å². The van der Waals surface area contributed by atoms with Gasteiger partial charge in [-0.15, -0.1) is 0 Å². The van der Waals surface area contributed by atoms with Crippen molar-refractivity contribution >= 4 is 27.7 Å². The fourth-order valence-corrected chi connectivity index (χ4v) is 10.1. The molecule has 0 saturated carbocycles. The van der Waals surface area contributed by atoms with Crippen LogP contribution in [-0.4, -0.2) is 62.2 Å². The number of benzene rings is 4. The SMILES string of the molecule is CN(C(=O)O)[C@@H]1COc2c(S(=O)(=NC(c3ccccc3)(c3ccccc3)c3ccccc3)NC(=O)Nc3c4c(cc5c3[C@@H](C(F)F)CC5)CCC4)cnn2C1. The molecule has 0 fully saturated rings. The van der Waals surface area contributed by atoms with Crippen molar-refractivity contribution in [1.82, 2.24) is 19.4 Å². The first kappa shape index (κ1) is 36.2. The molecule has 1 unspecified atom stereocenters. The van der Waals surface area contributed by atoms with Gasteiger partial charge in [-0.25, -0.2) is 32.0 Å². The standard InChI is InChI=1S/C41H40F2N6O5S/c1-48(40(51)52)31-24-49-38(54-25-31)34(23-44-49)55(53,46-39(50)45-36-32-19-11-12-26(32)22-27-20-21-33(35(27)36)37(42)43)47-41(28-13-5-2-6-14-28,29-15-7-3-8-16-29)30-17-9-4-10-18-30/h2-10,13-18,22-23,31,33,37H,11-12,19-21,24-25H2,1H3,(H,51,52)(H2,45,46,47,50,53)/t31-,33-,55?/m0/s1. The van der Waals surface area contributed by atoms with E-state index in [0.717, 1.165) is 34.4 Å². The van der Waals surface area contributed by atoms with E-state index in [9.17, 15) is 23.5 Å². The number of amides is 3. The zero-order valence-electron chi connectivity index (χ0n) is 30.0. The number of rotatable bonds is 9. The van der Waals surface area contributed by atoms with E-state index in [1.165, 1.54) is 17.9 Å². The number of urea groups is 1. The van der Waals surface area contributed by atoms with E-state index in [0.29, 0.717) is 40.8 Å². The number of carbonyl (C=O) groups excluding carboxylic acids is 1. The highest BCUT2D eigenvalue weighted by molar-refractivity contribution is 7.92. The summed E-state index contributed by atoms with van der Waals surface area (Å²) in [4.78, 5) is 27.4. The molecule has 55 heavy (non-hydrogen) atoms. The topological polar surface area (TPSA) is 138 Å². The maximum absolute atomic E-state index is 16.1. The number of nitrogens with one attached hydrogen (secondary N) is 2. The molecule has 3 atom stereocenters. The van der Waals surface area contributed by atoms with E-state index in [4.69, 9.17) is 9.10 Å². The maximum Gasteiger partial charge on any atom is 0.407 e. The zero-order chi connectivity index (χ0) is 38.3. The number of carbonyl (C=O) groups is 2. The van der Waals surface area contributed by atoms with E-state index >= 15 is 4.21 Å². The van der Waals surface area contributed by atoms with Crippen LogP contribution in [-0.2, 0) is 41.3 Å². The predicted molar refractivity (Wildman–Crippen MR) is 203 cm³/mol. The van der Waals surface area contributed by atoms with Gasteiger partial charge < -0.3 is 20.1 Å². The van der Waals surface area contributed by atoms with Gasteiger partial charge in [0.05, 0.1) is 18.8 Å². The molecule has 1 aliphatic heterocycles. The van der Waals surface area contributed by atoms with Crippen LogP contribution < -0.4 is 14.8 Å². The summed E-state index contributed by atoms with van der Waals surface area (Å²) in [5.74, 6) is -0.980. The smallest absolute Gasteiger partial charge is 0.407 e. The molecule has 0 saturated heterocycles. The average Bonchev–Trinajstić information content (AvgIpc) is 3.96. The van der Waals surface area contributed by atoms with Crippen LogP contribution in [0.15, 0.2) is 113 Å². The van der Waals surface area contributed by atoms with Crippen molar-refractivity contribution in [3.63, 3.8) is 0 Å². The second-order valence-corrected chi connectivity index (χ2v) is 16.0. The summed E-state index contributed by atoms with van der Waals surface area (Å²) in [5.41, 5.74) is 3.91. The first-order chi connectivity index (χ1) is 26.6. The minimum Gasteiger partial charge on any atom is -0.475 e. The van der Waals surface area contributed by atoms with Gasteiger partial charge in [0.2, 0.25) is 12.3 Å². The summed E-state index contributed by atoms with van der Waals surface area (Å²) in [6, 6.07) is 28.5. The van der Waals surface area contributed by atoms with Crippen molar-refractivity contribution in [1.29, 1.82) is 0 Å². The van der Waals surface area contributed by atoms with Gasteiger partial charge in [0.1, 0.15) is 17.0 Å². The van der Waals surface area contributed by atoms with Gasteiger partial charge in [0.25, 0.3) is 0 Å². The molecule has 0 radical (unpaired) electrons. The number of alkyl halides is 2. The highest BCUT2D eigenvalue weighted by Crippen LogP contribution is 2.47. The maximum atomic E-state index is 16.1. The van der Waals surface area contributed by atoms with Crippen molar-refractivity contribution in [3.05, 3.63) is 142 Å². The third-order valence-electron chi connectivity index (χ3n) is 10.9. The summed E-state index contributed by atoms with van der Waals surface area (Å²) in [5, 5.41) is 17.0. The number of hydrogen-bond acceptors (Lipinski definition) is 6.